The number of aromatic nitrogens is 4. The van der Waals surface area contributed by atoms with Gasteiger partial charge in [-0.3, -0.25) is 14.3 Å². The van der Waals surface area contributed by atoms with Gasteiger partial charge < -0.3 is 11.1 Å². The Morgan fingerprint density at radius 1 is 1.21 bits per heavy atom. The van der Waals surface area contributed by atoms with Crippen LogP contribution in [-0.4, -0.2) is 31.6 Å². The lowest BCUT2D eigenvalue weighted by Gasteiger charge is -2.10. The van der Waals surface area contributed by atoms with Crippen LogP contribution in [0.2, 0.25) is 0 Å². The van der Waals surface area contributed by atoms with Crippen LogP contribution in [0.4, 0.5) is 14.5 Å². The van der Waals surface area contributed by atoms with Crippen LogP contribution in [0, 0.1) is 36.8 Å². The largest absolute Gasteiger partial charge is 0.366 e. The molecule has 170 valence electrons. The molecule has 11 heteroatoms. The molecule has 0 bridgehead atoms. The van der Waals surface area contributed by atoms with Crippen molar-refractivity contribution in [3.8, 4) is 6.07 Å². The maximum absolute atomic E-state index is 13.7. The van der Waals surface area contributed by atoms with Gasteiger partial charge in [0.05, 0.1) is 34.7 Å². The molecule has 0 aliphatic heterocycles. The summed E-state index contributed by atoms with van der Waals surface area (Å²) in [4.78, 5) is 33.0. The average Bonchev–Trinajstić information content (AvgIpc) is 3.06. The van der Waals surface area contributed by atoms with Crippen LogP contribution in [0.25, 0.3) is 10.9 Å². The van der Waals surface area contributed by atoms with Gasteiger partial charge in [0.25, 0.3) is 5.91 Å². The van der Waals surface area contributed by atoms with Crippen LogP contribution in [0.5, 0.6) is 0 Å². The highest BCUT2D eigenvalue weighted by Gasteiger charge is 2.20. The minimum absolute atomic E-state index is 0.00658. The fraction of sp³-hybridized carbons (Fsp3) is 0.130. The standard InChI is InChI=1S/C23H17F2N7O2/c1-11-21(12(2)32(31-11)10-13-4-3-5-28-20(13)9-26)30-23(34)19-7-15(22(27)33)14-6-16(24)17(25)8-18(14)29-19/h3-8H,10H2,1-2H3,(H2,27,33)(H,30,34). The highest BCUT2D eigenvalue weighted by atomic mass is 19.2. The molecule has 0 unspecified atom stereocenters. The molecule has 34 heavy (non-hydrogen) atoms. The van der Waals surface area contributed by atoms with Gasteiger partial charge in [-0.15, -0.1) is 0 Å². The Labute approximate surface area is 191 Å². The fourth-order valence-corrected chi connectivity index (χ4v) is 3.58. The zero-order valence-electron chi connectivity index (χ0n) is 18.1. The number of carbonyl (C=O) groups excluding carboxylic acids is 2. The molecule has 0 atom stereocenters. The second-order valence-electron chi connectivity index (χ2n) is 7.48. The van der Waals surface area contributed by atoms with Crippen molar-refractivity contribution in [1.29, 1.82) is 5.26 Å². The number of fused-ring (bicyclic) bond motifs is 1. The quantitative estimate of drug-likeness (QED) is 0.468. The van der Waals surface area contributed by atoms with Gasteiger partial charge in [-0.1, -0.05) is 6.07 Å². The predicted molar refractivity (Wildman–Crippen MR) is 118 cm³/mol. The summed E-state index contributed by atoms with van der Waals surface area (Å²) >= 11 is 0. The number of benzene rings is 1. The third-order valence-electron chi connectivity index (χ3n) is 5.29. The number of hydrogen-bond donors (Lipinski definition) is 2. The number of pyridine rings is 2. The molecular formula is C23H17F2N7O2. The predicted octanol–water partition coefficient (Wildman–Crippen LogP) is 2.99. The Balaban J connectivity index is 1.69. The number of primary amides is 1. The highest BCUT2D eigenvalue weighted by Crippen LogP contribution is 2.24. The van der Waals surface area contributed by atoms with E-state index in [-0.39, 0.29) is 34.4 Å². The van der Waals surface area contributed by atoms with E-state index < -0.39 is 23.4 Å². The molecule has 0 aliphatic carbocycles. The first-order chi connectivity index (χ1) is 16.2. The zero-order valence-corrected chi connectivity index (χ0v) is 18.1. The lowest BCUT2D eigenvalue weighted by Crippen LogP contribution is -2.18. The second-order valence-corrected chi connectivity index (χ2v) is 7.48. The van der Waals surface area contributed by atoms with E-state index in [1.165, 1.54) is 6.20 Å². The molecule has 0 radical (unpaired) electrons. The summed E-state index contributed by atoms with van der Waals surface area (Å²) in [7, 11) is 0. The average molecular weight is 461 g/mol. The van der Waals surface area contributed by atoms with Gasteiger partial charge >= 0.3 is 0 Å². The van der Waals surface area contributed by atoms with Crippen molar-refractivity contribution in [1.82, 2.24) is 19.7 Å². The fourth-order valence-electron chi connectivity index (χ4n) is 3.58. The molecular weight excluding hydrogens is 444 g/mol. The van der Waals surface area contributed by atoms with Gasteiger partial charge in [0.2, 0.25) is 5.91 Å². The molecule has 0 fully saturated rings. The molecule has 0 saturated carbocycles. The maximum atomic E-state index is 13.7. The van der Waals surface area contributed by atoms with Crippen molar-refractivity contribution in [2.75, 3.05) is 5.32 Å². The second kappa shape index (κ2) is 8.67. The minimum atomic E-state index is -1.17. The number of aryl methyl sites for hydroxylation is 1. The normalized spacial score (nSPS) is 10.8. The summed E-state index contributed by atoms with van der Waals surface area (Å²) < 4.78 is 29.0. The third kappa shape index (κ3) is 4.04. The molecule has 3 aromatic heterocycles. The Bertz CT molecular complexity index is 1520. The van der Waals surface area contributed by atoms with Crippen molar-refractivity contribution < 1.29 is 18.4 Å². The van der Waals surface area contributed by atoms with Crippen LogP contribution in [0.1, 0.15) is 43.5 Å². The summed E-state index contributed by atoms with van der Waals surface area (Å²) in [6.45, 7) is 3.68. The number of nitrogens with zero attached hydrogens (tertiary/aromatic N) is 5. The maximum Gasteiger partial charge on any atom is 0.274 e. The van der Waals surface area contributed by atoms with Crippen LogP contribution in [0.15, 0.2) is 36.5 Å². The molecule has 2 amide bonds. The number of nitrogens with one attached hydrogen (secondary N) is 1. The molecule has 4 aromatic rings. The van der Waals surface area contributed by atoms with Crippen molar-refractivity contribution in [3.05, 3.63) is 82.1 Å². The SMILES string of the molecule is Cc1nn(Cc2cccnc2C#N)c(C)c1NC(=O)c1cc(C(N)=O)c2cc(F)c(F)cc2n1. The van der Waals surface area contributed by atoms with Crippen molar-refractivity contribution >= 4 is 28.4 Å². The lowest BCUT2D eigenvalue weighted by atomic mass is 10.1. The first kappa shape index (κ1) is 22.5. The monoisotopic (exact) mass is 461 g/mol. The number of amides is 2. The van der Waals surface area contributed by atoms with Gasteiger partial charge in [-0.2, -0.15) is 10.4 Å². The summed E-state index contributed by atoms with van der Waals surface area (Å²) in [5, 5.41) is 16.4. The molecule has 9 nitrogen and oxygen atoms in total. The number of anilines is 1. The third-order valence-corrected chi connectivity index (χ3v) is 5.29. The smallest absolute Gasteiger partial charge is 0.274 e. The Morgan fingerprint density at radius 3 is 2.65 bits per heavy atom. The van der Waals surface area contributed by atoms with E-state index in [9.17, 15) is 23.6 Å². The number of hydrogen-bond acceptors (Lipinski definition) is 6. The summed E-state index contributed by atoms with van der Waals surface area (Å²) in [5.74, 6) is -3.95. The van der Waals surface area contributed by atoms with Gasteiger partial charge in [-0.25, -0.2) is 18.7 Å². The van der Waals surface area contributed by atoms with Gasteiger partial charge in [-0.05, 0) is 32.0 Å². The topological polar surface area (TPSA) is 140 Å². The van der Waals surface area contributed by atoms with E-state index in [4.69, 9.17) is 5.73 Å². The lowest BCUT2D eigenvalue weighted by molar-refractivity contribution is 0.100. The first-order valence-corrected chi connectivity index (χ1v) is 9.98. The van der Waals surface area contributed by atoms with E-state index in [0.717, 1.165) is 18.2 Å². The molecule has 3 N–H and O–H groups in total. The Morgan fingerprint density at radius 2 is 1.94 bits per heavy atom. The summed E-state index contributed by atoms with van der Waals surface area (Å²) in [6, 6.07) is 8.23. The summed E-state index contributed by atoms with van der Waals surface area (Å²) in [5.41, 5.74) is 7.34. The van der Waals surface area contributed by atoms with Crippen LogP contribution < -0.4 is 11.1 Å². The Kier molecular flexibility index (Phi) is 5.73. The molecule has 0 spiro atoms. The van der Waals surface area contributed by atoms with Crippen LogP contribution in [0.3, 0.4) is 0 Å². The zero-order chi connectivity index (χ0) is 24.6. The molecule has 3 heterocycles. The van der Waals surface area contributed by atoms with E-state index in [1.54, 1.807) is 30.7 Å². The minimum Gasteiger partial charge on any atom is -0.366 e. The number of nitriles is 1. The van der Waals surface area contributed by atoms with Gasteiger partial charge in [0.1, 0.15) is 17.5 Å². The van der Waals surface area contributed by atoms with Gasteiger partial charge in [0, 0.05) is 23.2 Å². The van der Waals surface area contributed by atoms with Crippen molar-refractivity contribution in [2.45, 2.75) is 20.4 Å². The number of halogens is 2. The number of carbonyl (C=O) groups is 2. The van der Waals surface area contributed by atoms with E-state index in [1.807, 2.05) is 6.07 Å². The first-order valence-electron chi connectivity index (χ1n) is 9.98. The Hall–Kier alpha value is -4.72. The number of rotatable bonds is 5. The van der Waals surface area contributed by atoms with E-state index in [0.29, 0.717) is 22.6 Å². The van der Waals surface area contributed by atoms with Crippen molar-refractivity contribution in [2.24, 2.45) is 5.73 Å². The van der Waals surface area contributed by atoms with Crippen LogP contribution in [-0.2, 0) is 6.54 Å². The van der Waals surface area contributed by atoms with E-state index >= 15 is 0 Å². The molecule has 0 saturated heterocycles. The number of nitrogens with two attached hydrogens (primary N) is 1. The van der Waals surface area contributed by atoms with Gasteiger partial charge in [0.15, 0.2) is 11.6 Å². The highest BCUT2D eigenvalue weighted by molar-refractivity contribution is 6.10. The van der Waals surface area contributed by atoms with Crippen LogP contribution >= 0.6 is 0 Å². The molecule has 1 aromatic carbocycles. The van der Waals surface area contributed by atoms with Crippen molar-refractivity contribution in [3.63, 3.8) is 0 Å². The molecule has 0 aliphatic rings. The van der Waals surface area contributed by atoms with E-state index in [2.05, 4.69) is 20.4 Å². The molecule has 4 rings (SSSR count). The summed E-state index contributed by atoms with van der Waals surface area (Å²) in [6.07, 6.45) is 1.52.